The van der Waals surface area contributed by atoms with Gasteiger partial charge in [-0.05, 0) is 97.9 Å². The Kier molecular flexibility index (Phi) is 39.7. The fourth-order valence-corrected chi connectivity index (χ4v) is 8.49. The predicted octanol–water partition coefficient (Wildman–Crippen LogP) is 12.0. The van der Waals surface area contributed by atoms with Gasteiger partial charge in [0.25, 0.3) is 0 Å². The van der Waals surface area contributed by atoms with E-state index in [0.29, 0.717) is 43.9 Å². The van der Waals surface area contributed by atoms with Gasteiger partial charge < -0.3 is 35.0 Å². The number of likely N-dealkylation sites (N-methyl/N-ethyl adjacent to an activating group) is 1. The van der Waals surface area contributed by atoms with Crippen molar-refractivity contribution >= 4 is 17.7 Å². The first-order valence-corrected chi connectivity index (χ1v) is 26.9. The topological polar surface area (TPSA) is 120 Å². The first-order chi connectivity index (χ1) is 30.7. The van der Waals surface area contributed by atoms with Crippen molar-refractivity contribution in [2.45, 2.75) is 251 Å². The Morgan fingerprint density at radius 3 is 1.51 bits per heavy atom. The molecule has 1 aliphatic carbocycles. The Morgan fingerprint density at radius 2 is 0.984 bits per heavy atom. The molecule has 1 atom stereocenters. The van der Waals surface area contributed by atoms with Crippen molar-refractivity contribution < 1.29 is 29.0 Å². The van der Waals surface area contributed by atoms with Crippen LogP contribution < -0.4 is 10.6 Å². The molecule has 0 radical (unpaired) electrons. The smallest absolute Gasteiger partial charge is 0.306 e. The molecule has 1 unspecified atom stereocenters. The Labute approximate surface area is 388 Å². The summed E-state index contributed by atoms with van der Waals surface area (Å²) in [6.45, 7) is 12.6. The molecule has 0 aromatic rings. The standard InChI is InChI=1S/C53H102N4O6/c1-6-9-12-15-18-27-34-46-62-48(58)38-30-23-19-25-32-42-57(44-35-40-54-50-51(53(61)52(50)60)55-41-45-56(4)5)43-33-26-20-24-31-39-49(59)63-47(36-28-21-16-13-10-7-2)37-29-22-17-14-11-8-3/h47,53-55,61H,6-46H2,1-5H3. The van der Waals surface area contributed by atoms with Crippen LogP contribution in [-0.4, -0.2) is 105 Å². The summed E-state index contributed by atoms with van der Waals surface area (Å²) in [5, 5.41) is 16.8. The van der Waals surface area contributed by atoms with Gasteiger partial charge in [-0.2, -0.15) is 0 Å². The number of nitrogens with one attached hydrogen (secondary N) is 2. The quantitative estimate of drug-likeness (QED) is 0.0402. The number of hydrogen-bond acceptors (Lipinski definition) is 10. The lowest BCUT2D eigenvalue weighted by Gasteiger charge is -2.30. The van der Waals surface area contributed by atoms with E-state index in [4.69, 9.17) is 9.47 Å². The molecule has 0 aliphatic heterocycles. The minimum Gasteiger partial charge on any atom is -0.466 e. The highest BCUT2D eigenvalue weighted by Crippen LogP contribution is 2.21. The molecule has 0 amide bonds. The third-order valence-corrected chi connectivity index (χ3v) is 12.6. The number of carbonyl (C=O) groups is 3. The number of unbranched alkanes of at least 4 members (excludes halogenated alkanes) is 24. The number of Topliss-reactive ketones (excluding diaryl/α,β-unsaturated/α-hetero) is 1. The zero-order valence-electron chi connectivity index (χ0n) is 42.0. The van der Waals surface area contributed by atoms with Crippen molar-refractivity contribution in [2.24, 2.45) is 0 Å². The Hall–Kier alpha value is -2.17. The van der Waals surface area contributed by atoms with Crippen molar-refractivity contribution in [3.05, 3.63) is 11.4 Å². The molecule has 0 heterocycles. The van der Waals surface area contributed by atoms with Gasteiger partial charge in [0.05, 0.1) is 12.3 Å². The number of esters is 2. The largest absolute Gasteiger partial charge is 0.466 e. The maximum Gasteiger partial charge on any atom is 0.306 e. The lowest BCUT2D eigenvalue weighted by atomic mass is 9.95. The van der Waals surface area contributed by atoms with Crippen molar-refractivity contribution in [3.63, 3.8) is 0 Å². The molecule has 10 nitrogen and oxygen atoms in total. The van der Waals surface area contributed by atoms with E-state index >= 15 is 0 Å². The number of nitrogens with zero attached hydrogens (tertiary/aromatic N) is 2. The van der Waals surface area contributed by atoms with Crippen molar-refractivity contribution in [3.8, 4) is 0 Å². The van der Waals surface area contributed by atoms with Gasteiger partial charge in [-0.15, -0.1) is 0 Å². The maximum absolute atomic E-state index is 12.9. The molecule has 10 heteroatoms. The van der Waals surface area contributed by atoms with Crippen LogP contribution >= 0.6 is 0 Å². The van der Waals surface area contributed by atoms with E-state index < -0.39 is 6.10 Å². The number of aliphatic hydroxyl groups is 1. The summed E-state index contributed by atoms with van der Waals surface area (Å²) in [7, 11) is 4.01. The van der Waals surface area contributed by atoms with E-state index in [2.05, 4.69) is 41.2 Å². The summed E-state index contributed by atoms with van der Waals surface area (Å²) in [4.78, 5) is 42.1. The van der Waals surface area contributed by atoms with Crippen LogP contribution in [0.25, 0.3) is 0 Å². The highest BCUT2D eigenvalue weighted by Gasteiger charge is 2.37. The van der Waals surface area contributed by atoms with Crippen LogP contribution in [0.1, 0.15) is 239 Å². The number of rotatable bonds is 48. The van der Waals surface area contributed by atoms with Crippen molar-refractivity contribution in [2.75, 3.05) is 60.0 Å². The minimum absolute atomic E-state index is 0.000764. The molecule has 0 aromatic heterocycles. The van der Waals surface area contributed by atoms with Gasteiger partial charge in [0.1, 0.15) is 11.8 Å². The zero-order chi connectivity index (χ0) is 46.0. The second-order valence-electron chi connectivity index (χ2n) is 19.0. The highest BCUT2D eigenvalue weighted by atomic mass is 16.5. The fourth-order valence-electron chi connectivity index (χ4n) is 8.49. The Bertz CT molecular complexity index is 1120. The van der Waals surface area contributed by atoms with E-state index in [-0.39, 0.29) is 23.8 Å². The molecule has 1 aliphatic rings. The van der Waals surface area contributed by atoms with E-state index in [9.17, 15) is 19.5 Å². The van der Waals surface area contributed by atoms with Gasteiger partial charge >= 0.3 is 11.9 Å². The number of ether oxygens (including phenoxy) is 2. The number of aliphatic hydroxyl groups excluding tert-OH is 1. The van der Waals surface area contributed by atoms with Gasteiger partial charge in [-0.25, -0.2) is 0 Å². The van der Waals surface area contributed by atoms with Gasteiger partial charge in [0.2, 0.25) is 5.78 Å². The Balaban J connectivity index is 2.45. The van der Waals surface area contributed by atoms with Crippen LogP contribution in [0, 0.1) is 0 Å². The normalized spacial score (nSPS) is 14.0. The van der Waals surface area contributed by atoms with Gasteiger partial charge in [-0.3, -0.25) is 14.4 Å². The first-order valence-electron chi connectivity index (χ1n) is 26.9. The predicted molar refractivity (Wildman–Crippen MR) is 264 cm³/mol. The van der Waals surface area contributed by atoms with Crippen molar-refractivity contribution in [1.82, 2.24) is 20.4 Å². The number of carbonyl (C=O) groups excluding carboxylic acids is 3. The van der Waals surface area contributed by atoms with E-state index in [0.717, 1.165) is 122 Å². The van der Waals surface area contributed by atoms with E-state index in [1.807, 2.05) is 14.1 Å². The number of hydrogen-bond donors (Lipinski definition) is 3. The molecule has 3 N–H and O–H groups in total. The number of ketones is 1. The van der Waals surface area contributed by atoms with Gasteiger partial charge in [0.15, 0.2) is 6.10 Å². The van der Waals surface area contributed by atoms with Crippen molar-refractivity contribution in [1.29, 1.82) is 0 Å². The molecule has 0 fully saturated rings. The fraction of sp³-hybridized carbons (Fsp3) is 0.906. The van der Waals surface area contributed by atoms with Crippen LogP contribution in [0.5, 0.6) is 0 Å². The average molecular weight is 891 g/mol. The lowest BCUT2D eigenvalue weighted by Crippen LogP contribution is -2.49. The zero-order valence-corrected chi connectivity index (χ0v) is 42.0. The Morgan fingerprint density at radius 1 is 0.540 bits per heavy atom. The molecule has 370 valence electrons. The molecule has 0 spiro atoms. The molecular formula is C53H102N4O6. The third-order valence-electron chi connectivity index (χ3n) is 12.6. The molecule has 0 saturated heterocycles. The van der Waals surface area contributed by atoms with Crippen LogP contribution in [0.4, 0.5) is 0 Å². The molecule has 0 aromatic carbocycles. The highest BCUT2D eigenvalue weighted by molar-refractivity contribution is 6.07. The molecule has 0 bridgehead atoms. The second-order valence-corrected chi connectivity index (χ2v) is 19.0. The second kappa shape index (κ2) is 42.5. The molecule has 1 rings (SSSR count). The lowest BCUT2D eigenvalue weighted by molar-refractivity contribution is -0.150. The SMILES string of the molecule is CCCCCCCCCOC(=O)CCCCCCCN(CCCCCCCC(=O)OC(CCCCCCCC)CCCCCCCC)CCCNC1=C(NCCN(C)C)C(O)C1=O. The third kappa shape index (κ3) is 33.9. The molecule has 0 saturated carbocycles. The molecule has 63 heavy (non-hydrogen) atoms. The maximum atomic E-state index is 12.9. The minimum atomic E-state index is -1.04. The van der Waals surface area contributed by atoms with Crippen LogP contribution in [-0.2, 0) is 23.9 Å². The summed E-state index contributed by atoms with van der Waals surface area (Å²) < 4.78 is 11.6. The van der Waals surface area contributed by atoms with Gasteiger partial charge in [-0.1, -0.05) is 162 Å². The average Bonchev–Trinajstić information content (AvgIpc) is 3.27. The monoisotopic (exact) mass is 891 g/mol. The summed E-state index contributed by atoms with van der Waals surface area (Å²) in [6, 6.07) is 0. The van der Waals surface area contributed by atoms with Crippen LogP contribution in [0.3, 0.4) is 0 Å². The summed E-state index contributed by atoms with van der Waals surface area (Å²) in [5.41, 5.74) is 1.15. The van der Waals surface area contributed by atoms with Crippen LogP contribution in [0.15, 0.2) is 11.4 Å². The van der Waals surface area contributed by atoms with E-state index in [1.165, 1.54) is 109 Å². The summed E-state index contributed by atoms with van der Waals surface area (Å²) in [6.07, 6.45) is 37.6. The van der Waals surface area contributed by atoms with Gasteiger partial charge in [0, 0.05) is 32.5 Å². The molecular weight excluding hydrogens is 789 g/mol. The van der Waals surface area contributed by atoms with E-state index in [1.54, 1.807) is 0 Å². The summed E-state index contributed by atoms with van der Waals surface area (Å²) in [5.74, 6) is -0.270. The summed E-state index contributed by atoms with van der Waals surface area (Å²) >= 11 is 0. The van der Waals surface area contributed by atoms with Crippen LogP contribution in [0.2, 0.25) is 0 Å². The first kappa shape index (κ1) is 58.8.